The van der Waals surface area contributed by atoms with Crippen molar-refractivity contribution in [1.82, 2.24) is 0 Å². The highest BCUT2D eigenvalue weighted by atomic mass is 127. The Morgan fingerprint density at radius 2 is 1.40 bits per heavy atom. The molecule has 0 saturated carbocycles. The molecule has 0 radical (unpaired) electrons. The lowest BCUT2D eigenvalue weighted by atomic mass is 10.2. The van der Waals surface area contributed by atoms with E-state index >= 15 is 0 Å². The third kappa shape index (κ3) is 1.47. The number of rotatable bonds is 0. The van der Waals surface area contributed by atoms with Crippen LogP contribution in [0.4, 0.5) is 0 Å². The van der Waals surface area contributed by atoms with Crippen molar-refractivity contribution in [3.8, 4) is 23.0 Å². The van der Waals surface area contributed by atoms with Gasteiger partial charge in [-0.05, 0) is 46.9 Å². The molecular weight excluding hydrogens is 303 g/mol. The molecule has 1 aliphatic rings. The maximum absolute atomic E-state index is 5.78. The second kappa shape index (κ2) is 3.41. The van der Waals surface area contributed by atoms with Crippen LogP contribution in [0.1, 0.15) is 0 Å². The lowest BCUT2D eigenvalue weighted by Gasteiger charge is -2.20. The van der Waals surface area contributed by atoms with Crippen LogP contribution >= 0.6 is 22.6 Å². The van der Waals surface area contributed by atoms with Crippen LogP contribution < -0.4 is 9.47 Å². The van der Waals surface area contributed by atoms with Crippen molar-refractivity contribution in [1.29, 1.82) is 0 Å². The van der Waals surface area contributed by atoms with Crippen molar-refractivity contribution in [2.24, 2.45) is 0 Å². The summed E-state index contributed by atoms with van der Waals surface area (Å²) in [5.41, 5.74) is 0. The van der Waals surface area contributed by atoms with Crippen LogP contribution in [0.25, 0.3) is 0 Å². The van der Waals surface area contributed by atoms with Crippen LogP contribution in [-0.2, 0) is 0 Å². The summed E-state index contributed by atoms with van der Waals surface area (Å²) in [6.07, 6.45) is 0. The zero-order chi connectivity index (χ0) is 10.3. The lowest BCUT2D eigenvalue weighted by Crippen LogP contribution is -1.99. The van der Waals surface area contributed by atoms with Crippen LogP contribution in [0.3, 0.4) is 0 Å². The van der Waals surface area contributed by atoms with Gasteiger partial charge in [0.15, 0.2) is 23.0 Å². The summed E-state index contributed by atoms with van der Waals surface area (Å²) in [6.45, 7) is 0. The van der Waals surface area contributed by atoms with Gasteiger partial charge in [-0.1, -0.05) is 18.2 Å². The summed E-state index contributed by atoms with van der Waals surface area (Å²) in [7, 11) is 0. The average molecular weight is 310 g/mol. The number of halogens is 1. The van der Waals surface area contributed by atoms with E-state index in [1.165, 1.54) is 0 Å². The van der Waals surface area contributed by atoms with E-state index in [0.717, 1.165) is 26.6 Å². The van der Waals surface area contributed by atoms with E-state index in [0.29, 0.717) is 0 Å². The minimum absolute atomic E-state index is 0.770. The minimum atomic E-state index is 0.770. The van der Waals surface area contributed by atoms with Gasteiger partial charge in [-0.3, -0.25) is 0 Å². The molecule has 0 saturated heterocycles. The van der Waals surface area contributed by atoms with Crippen molar-refractivity contribution in [3.63, 3.8) is 0 Å². The minimum Gasteiger partial charge on any atom is -0.449 e. The molecule has 0 fully saturated rings. The van der Waals surface area contributed by atoms with Crippen LogP contribution in [0.5, 0.6) is 23.0 Å². The molecule has 2 aromatic rings. The van der Waals surface area contributed by atoms with Crippen LogP contribution in [-0.4, -0.2) is 0 Å². The van der Waals surface area contributed by atoms with E-state index in [1.807, 2.05) is 42.5 Å². The van der Waals surface area contributed by atoms with Crippen molar-refractivity contribution in [3.05, 3.63) is 46.0 Å². The Bertz CT molecular complexity index is 523. The van der Waals surface area contributed by atoms with E-state index in [1.54, 1.807) is 0 Å². The van der Waals surface area contributed by atoms with E-state index < -0.39 is 0 Å². The number of hydrogen-bond acceptors (Lipinski definition) is 2. The summed E-state index contributed by atoms with van der Waals surface area (Å²) in [4.78, 5) is 0. The SMILES string of the molecule is Ic1cccc2c1Oc1ccccc1O2. The van der Waals surface area contributed by atoms with E-state index in [-0.39, 0.29) is 0 Å². The molecule has 2 aromatic carbocycles. The van der Waals surface area contributed by atoms with Crippen LogP contribution in [0.15, 0.2) is 42.5 Å². The lowest BCUT2D eigenvalue weighted by molar-refractivity contribution is 0.357. The summed E-state index contributed by atoms with van der Waals surface area (Å²) < 4.78 is 12.6. The molecule has 0 amide bonds. The van der Waals surface area contributed by atoms with Gasteiger partial charge in [0.1, 0.15) is 0 Å². The highest BCUT2D eigenvalue weighted by molar-refractivity contribution is 14.1. The average Bonchev–Trinajstić information content (AvgIpc) is 2.27. The number of benzene rings is 2. The molecule has 1 heterocycles. The fraction of sp³-hybridized carbons (Fsp3) is 0. The Labute approximate surface area is 101 Å². The Hall–Kier alpha value is -1.23. The molecule has 1 aliphatic heterocycles. The summed E-state index contributed by atoms with van der Waals surface area (Å²) in [5.74, 6) is 3.12. The number of ether oxygens (including phenoxy) is 2. The topological polar surface area (TPSA) is 18.5 Å². The first-order valence-corrected chi connectivity index (χ1v) is 5.66. The normalized spacial score (nSPS) is 12.1. The second-order valence-corrected chi connectivity index (χ2v) is 4.38. The number of hydrogen-bond donors (Lipinski definition) is 0. The molecule has 0 aromatic heterocycles. The molecule has 3 rings (SSSR count). The molecule has 0 bridgehead atoms. The Morgan fingerprint density at radius 3 is 2.20 bits per heavy atom. The molecular formula is C12H7IO2. The summed E-state index contributed by atoms with van der Waals surface area (Å²) in [6, 6.07) is 13.5. The Kier molecular flexibility index (Phi) is 2.05. The Morgan fingerprint density at radius 1 is 0.733 bits per heavy atom. The Balaban J connectivity index is 2.15. The van der Waals surface area contributed by atoms with Crippen LogP contribution in [0.2, 0.25) is 0 Å². The van der Waals surface area contributed by atoms with Crippen molar-refractivity contribution in [2.75, 3.05) is 0 Å². The maximum Gasteiger partial charge on any atom is 0.183 e. The monoisotopic (exact) mass is 310 g/mol. The maximum atomic E-state index is 5.78. The zero-order valence-corrected chi connectivity index (χ0v) is 9.89. The van der Waals surface area contributed by atoms with Gasteiger partial charge in [-0.2, -0.15) is 0 Å². The van der Waals surface area contributed by atoms with E-state index in [9.17, 15) is 0 Å². The van der Waals surface area contributed by atoms with E-state index in [2.05, 4.69) is 22.6 Å². The van der Waals surface area contributed by atoms with Gasteiger partial charge >= 0.3 is 0 Å². The van der Waals surface area contributed by atoms with Gasteiger partial charge in [0.25, 0.3) is 0 Å². The smallest absolute Gasteiger partial charge is 0.183 e. The number of para-hydroxylation sites is 3. The predicted octanol–water partition coefficient (Wildman–Crippen LogP) is 4.19. The predicted molar refractivity (Wildman–Crippen MR) is 65.7 cm³/mol. The fourth-order valence-corrected chi connectivity index (χ4v) is 2.10. The van der Waals surface area contributed by atoms with E-state index in [4.69, 9.17) is 9.47 Å². The molecule has 74 valence electrons. The van der Waals surface area contributed by atoms with Crippen LogP contribution in [0, 0.1) is 3.57 Å². The fourth-order valence-electron chi connectivity index (χ4n) is 1.52. The van der Waals surface area contributed by atoms with Gasteiger partial charge in [0.2, 0.25) is 0 Å². The third-order valence-corrected chi connectivity index (χ3v) is 3.06. The molecule has 3 heteroatoms. The van der Waals surface area contributed by atoms with Gasteiger partial charge in [0.05, 0.1) is 3.57 Å². The first kappa shape index (κ1) is 9.03. The van der Waals surface area contributed by atoms with Gasteiger partial charge < -0.3 is 9.47 Å². The summed E-state index contributed by atoms with van der Waals surface area (Å²) >= 11 is 2.24. The highest BCUT2D eigenvalue weighted by Crippen LogP contribution is 2.46. The quantitative estimate of drug-likeness (QED) is 0.580. The standard InChI is InChI=1S/C12H7IO2/c13-8-4-3-7-11-12(8)15-10-6-2-1-5-9(10)14-11/h1-7H. The molecule has 0 unspecified atom stereocenters. The first-order valence-electron chi connectivity index (χ1n) is 4.58. The van der Waals surface area contributed by atoms with Gasteiger partial charge in [-0.15, -0.1) is 0 Å². The van der Waals surface area contributed by atoms with Gasteiger partial charge in [-0.25, -0.2) is 0 Å². The highest BCUT2D eigenvalue weighted by Gasteiger charge is 2.19. The van der Waals surface area contributed by atoms with Crippen molar-refractivity contribution in [2.45, 2.75) is 0 Å². The molecule has 0 spiro atoms. The molecule has 0 aliphatic carbocycles. The second-order valence-electron chi connectivity index (χ2n) is 3.22. The molecule has 0 N–H and O–H groups in total. The molecule has 2 nitrogen and oxygen atoms in total. The van der Waals surface area contributed by atoms with Gasteiger partial charge in [0, 0.05) is 0 Å². The van der Waals surface area contributed by atoms with Crippen molar-refractivity contribution >= 4 is 22.6 Å². The van der Waals surface area contributed by atoms with Crippen molar-refractivity contribution < 1.29 is 9.47 Å². The molecule has 15 heavy (non-hydrogen) atoms. The largest absolute Gasteiger partial charge is 0.449 e. The third-order valence-electron chi connectivity index (χ3n) is 2.21. The number of fused-ring (bicyclic) bond motifs is 2. The first-order chi connectivity index (χ1) is 7.34. The molecule has 0 atom stereocenters. The zero-order valence-electron chi connectivity index (χ0n) is 7.74. The summed E-state index contributed by atoms with van der Waals surface area (Å²) in [5, 5.41) is 0.